The highest BCUT2D eigenvalue weighted by Gasteiger charge is 2.16. The van der Waals surface area contributed by atoms with Crippen molar-refractivity contribution in [1.82, 2.24) is 15.1 Å². The standard InChI is InChI=1S/C25H32N4O2.HI/c1-26-25(28(2)18-23-15-21-5-3-4-6-24(21)31-23)27-16-19-7-9-20(10-8-19)17-29-13-11-22(30)12-14-29;/h3-10,15,22,30H,11-14,16-18H2,1-2H3,(H,26,27);1H. The average Bonchev–Trinajstić information content (AvgIpc) is 3.19. The lowest BCUT2D eigenvalue weighted by Crippen LogP contribution is -2.38. The molecule has 0 radical (unpaired) electrons. The Morgan fingerprint density at radius 2 is 1.81 bits per heavy atom. The minimum atomic E-state index is -0.121. The van der Waals surface area contributed by atoms with Crippen molar-refractivity contribution >= 4 is 40.9 Å². The number of nitrogens with one attached hydrogen (secondary N) is 1. The number of para-hydroxylation sites is 1. The van der Waals surface area contributed by atoms with Crippen LogP contribution in [0, 0.1) is 0 Å². The Morgan fingerprint density at radius 1 is 1.12 bits per heavy atom. The summed E-state index contributed by atoms with van der Waals surface area (Å²) in [6.07, 6.45) is 1.63. The van der Waals surface area contributed by atoms with Gasteiger partial charge in [-0.2, -0.15) is 0 Å². The van der Waals surface area contributed by atoms with Gasteiger partial charge in [-0.05, 0) is 36.1 Å². The van der Waals surface area contributed by atoms with Crippen molar-refractivity contribution in [3.63, 3.8) is 0 Å². The van der Waals surface area contributed by atoms with Gasteiger partial charge in [-0.1, -0.05) is 42.5 Å². The molecule has 2 heterocycles. The normalized spacial score (nSPS) is 15.5. The number of furan rings is 1. The molecule has 7 heteroatoms. The third-order valence-corrected chi connectivity index (χ3v) is 5.88. The predicted molar refractivity (Wildman–Crippen MR) is 140 cm³/mol. The summed E-state index contributed by atoms with van der Waals surface area (Å²) in [6.45, 7) is 4.25. The largest absolute Gasteiger partial charge is 0.459 e. The summed E-state index contributed by atoms with van der Waals surface area (Å²) in [5.74, 6) is 1.75. The van der Waals surface area contributed by atoms with Crippen LogP contribution in [0.3, 0.4) is 0 Å². The van der Waals surface area contributed by atoms with Gasteiger partial charge in [0.05, 0.1) is 12.6 Å². The molecule has 0 aliphatic carbocycles. The number of aliphatic imine (C=N–C) groups is 1. The van der Waals surface area contributed by atoms with Crippen molar-refractivity contribution in [2.24, 2.45) is 4.99 Å². The quantitative estimate of drug-likeness (QED) is 0.275. The number of hydrogen-bond donors (Lipinski definition) is 2. The van der Waals surface area contributed by atoms with E-state index < -0.39 is 0 Å². The zero-order valence-electron chi connectivity index (χ0n) is 18.8. The fraction of sp³-hybridized carbons (Fsp3) is 0.400. The maximum absolute atomic E-state index is 9.66. The molecule has 0 spiro atoms. The maximum atomic E-state index is 9.66. The van der Waals surface area contributed by atoms with Gasteiger partial charge in [0, 0.05) is 45.7 Å². The number of nitrogens with zero attached hydrogens (tertiary/aromatic N) is 3. The van der Waals surface area contributed by atoms with Gasteiger partial charge in [0.2, 0.25) is 0 Å². The second-order valence-electron chi connectivity index (χ2n) is 8.33. The minimum Gasteiger partial charge on any atom is -0.459 e. The Bertz CT molecular complexity index is 977. The molecule has 0 amide bonds. The molecule has 1 saturated heterocycles. The Morgan fingerprint density at radius 3 is 2.50 bits per heavy atom. The Balaban J connectivity index is 0.00000289. The number of piperidine rings is 1. The van der Waals surface area contributed by atoms with Crippen LogP contribution in [0.25, 0.3) is 11.0 Å². The van der Waals surface area contributed by atoms with E-state index in [4.69, 9.17) is 4.42 Å². The Labute approximate surface area is 207 Å². The molecule has 0 unspecified atom stereocenters. The lowest BCUT2D eigenvalue weighted by Gasteiger charge is -2.29. The van der Waals surface area contributed by atoms with Crippen LogP contribution in [0.2, 0.25) is 0 Å². The molecule has 0 bridgehead atoms. The first kappa shape index (κ1) is 24.5. The molecule has 4 rings (SSSR count). The van der Waals surface area contributed by atoms with E-state index in [1.165, 1.54) is 11.1 Å². The SMILES string of the molecule is CN=C(NCc1ccc(CN2CCC(O)CC2)cc1)N(C)Cc1cc2ccccc2o1.I. The van der Waals surface area contributed by atoms with Gasteiger partial charge in [0.15, 0.2) is 5.96 Å². The molecule has 2 N–H and O–H groups in total. The van der Waals surface area contributed by atoms with Crippen LogP contribution in [0.4, 0.5) is 0 Å². The van der Waals surface area contributed by atoms with Crippen LogP contribution in [-0.4, -0.2) is 54.2 Å². The van der Waals surface area contributed by atoms with Crippen molar-refractivity contribution in [3.05, 3.63) is 71.5 Å². The lowest BCUT2D eigenvalue weighted by atomic mass is 10.1. The van der Waals surface area contributed by atoms with Gasteiger partial charge in [-0.3, -0.25) is 9.89 Å². The fourth-order valence-corrected chi connectivity index (χ4v) is 4.09. The molecule has 0 atom stereocenters. The molecule has 1 fully saturated rings. The molecule has 1 aliphatic rings. The average molecular weight is 548 g/mol. The number of hydrogen-bond acceptors (Lipinski definition) is 4. The molecule has 3 aromatic rings. The van der Waals surface area contributed by atoms with E-state index in [1.807, 2.05) is 25.2 Å². The van der Waals surface area contributed by atoms with Crippen LogP contribution in [-0.2, 0) is 19.6 Å². The third kappa shape index (κ3) is 6.46. The Hall–Kier alpha value is -2.10. The molecule has 32 heavy (non-hydrogen) atoms. The first-order chi connectivity index (χ1) is 15.1. The van der Waals surface area contributed by atoms with Gasteiger partial charge in [0.1, 0.15) is 11.3 Å². The fourth-order valence-electron chi connectivity index (χ4n) is 4.09. The number of halogens is 1. The van der Waals surface area contributed by atoms with E-state index >= 15 is 0 Å². The smallest absolute Gasteiger partial charge is 0.194 e. The van der Waals surface area contributed by atoms with E-state index in [-0.39, 0.29) is 30.1 Å². The number of aliphatic hydroxyl groups is 1. The first-order valence-electron chi connectivity index (χ1n) is 11.0. The van der Waals surface area contributed by atoms with E-state index in [9.17, 15) is 5.11 Å². The summed E-state index contributed by atoms with van der Waals surface area (Å²) in [6, 6.07) is 18.9. The molecule has 2 aromatic carbocycles. The molecule has 172 valence electrons. The van der Waals surface area contributed by atoms with Crippen LogP contribution in [0.1, 0.15) is 29.7 Å². The van der Waals surface area contributed by atoms with Gasteiger partial charge in [-0.25, -0.2) is 0 Å². The van der Waals surface area contributed by atoms with E-state index in [1.54, 1.807) is 7.05 Å². The second-order valence-corrected chi connectivity index (χ2v) is 8.33. The number of rotatable bonds is 6. The van der Waals surface area contributed by atoms with Crippen molar-refractivity contribution in [3.8, 4) is 0 Å². The van der Waals surface area contributed by atoms with Crippen LogP contribution >= 0.6 is 24.0 Å². The van der Waals surface area contributed by atoms with Crippen molar-refractivity contribution in [2.75, 3.05) is 27.2 Å². The second kappa shape index (κ2) is 11.7. The van der Waals surface area contributed by atoms with Crippen LogP contribution in [0.15, 0.2) is 64.0 Å². The lowest BCUT2D eigenvalue weighted by molar-refractivity contribution is 0.0792. The zero-order chi connectivity index (χ0) is 21.6. The summed E-state index contributed by atoms with van der Waals surface area (Å²) in [5, 5.41) is 14.2. The van der Waals surface area contributed by atoms with Crippen molar-refractivity contribution < 1.29 is 9.52 Å². The van der Waals surface area contributed by atoms with Gasteiger partial charge in [0.25, 0.3) is 0 Å². The summed E-state index contributed by atoms with van der Waals surface area (Å²) >= 11 is 0. The molecular weight excluding hydrogens is 515 g/mol. The molecule has 6 nitrogen and oxygen atoms in total. The number of aliphatic hydroxyl groups excluding tert-OH is 1. The number of guanidine groups is 1. The molecule has 1 aromatic heterocycles. The van der Waals surface area contributed by atoms with E-state index in [0.29, 0.717) is 13.1 Å². The summed E-state index contributed by atoms with van der Waals surface area (Å²) in [4.78, 5) is 8.89. The van der Waals surface area contributed by atoms with Crippen molar-refractivity contribution in [2.45, 2.75) is 38.6 Å². The monoisotopic (exact) mass is 548 g/mol. The summed E-state index contributed by atoms with van der Waals surface area (Å²) < 4.78 is 5.94. The zero-order valence-corrected chi connectivity index (χ0v) is 21.2. The summed E-state index contributed by atoms with van der Waals surface area (Å²) in [5.41, 5.74) is 3.44. The number of likely N-dealkylation sites (tertiary alicyclic amines) is 1. The van der Waals surface area contributed by atoms with Crippen LogP contribution in [0.5, 0.6) is 0 Å². The molecule has 1 aliphatic heterocycles. The van der Waals surface area contributed by atoms with Crippen molar-refractivity contribution in [1.29, 1.82) is 0 Å². The molecular formula is C25H33IN4O2. The highest BCUT2D eigenvalue weighted by molar-refractivity contribution is 14.0. The minimum absolute atomic E-state index is 0. The molecule has 0 saturated carbocycles. The summed E-state index contributed by atoms with van der Waals surface area (Å²) in [7, 11) is 3.82. The van der Waals surface area contributed by atoms with Gasteiger partial charge in [-0.15, -0.1) is 24.0 Å². The van der Waals surface area contributed by atoms with Crippen LogP contribution < -0.4 is 5.32 Å². The third-order valence-electron chi connectivity index (χ3n) is 5.88. The number of benzene rings is 2. The van der Waals surface area contributed by atoms with Gasteiger partial charge < -0.3 is 19.7 Å². The Kier molecular flexibility index (Phi) is 8.95. The maximum Gasteiger partial charge on any atom is 0.194 e. The predicted octanol–water partition coefficient (Wildman–Crippen LogP) is 4.21. The first-order valence-corrected chi connectivity index (χ1v) is 11.0. The number of fused-ring (bicyclic) bond motifs is 1. The highest BCUT2D eigenvalue weighted by atomic mass is 127. The van der Waals surface area contributed by atoms with E-state index in [0.717, 1.165) is 55.2 Å². The highest BCUT2D eigenvalue weighted by Crippen LogP contribution is 2.20. The van der Waals surface area contributed by atoms with Gasteiger partial charge >= 0.3 is 0 Å². The van der Waals surface area contributed by atoms with E-state index in [2.05, 4.69) is 56.5 Å². The topological polar surface area (TPSA) is 64.2 Å².